The van der Waals surface area contributed by atoms with Crippen molar-refractivity contribution < 1.29 is 23.8 Å². The van der Waals surface area contributed by atoms with Gasteiger partial charge in [0.15, 0.2) is 23.9 Å². The Balaban J connectivity index is 1.29. The molecule has 0 amide bonds. The quantitative estimate of drug-likeness (QED) is 0.613. The molecule has 0 spiro atoms. The van der Waals surface area contributed by atoms with E-state index in [9.17, 15) is 9.59 Å². The molecule has 0 saturated heterocycles. The van der Waals surface area contributed by atoms with Crippen molar-refractivity contribution in [3.8, 4) is 11.5 Å². The van der Waals surface area contributed by atoms with E-state index in [2.05, 4.69) is 0 Å². The average Bonchev–Trinajstić information content (AvgIpc) is 3.22. The number of ketones is 1. The minimum absolute atomic E-state index is 0.209. The van der Waals surface area contributed by atoms with Crippen LogP contribution in [0.4, 0.5) is 0 Å². The van der Waals surface area contributed by atoms with Gasteiger partial charge in [-0.3, -0.25) is 9.59 Å². The Kier molecular flexibility index (Phi) is 4.17. The number of rotatable bonds is 5. The molecule has 1 aliphatic heterocycles. The molecule has 24 heavy (non-hydrogen) atoms. The van der Waals surface area contributed by atoms with E-state index >= 15 is 0 Å². The smallest absolute Gasteiger partial charge is 0.306 e. The Morgan fingerprint density at radius 1 is 1.08 bits per heavy atom. The van der Waals surface area contributed by atoms with Gasteiger partial charge in [0.05, 0.1) is 0 Å². The van der Waals surface area contributed by atoms with Gasteiger partial charge in [-0.25, -0.2) is 0 Å². The molecule has 3 atom stereocenters. The van der Waals surface area contributed by atoms with E-state index in [1.54, 1.807) is 18.2 Å². The van der Waals surface area contributed by atoms with Crippen molar-refractivity contribution in [1.82, 2.24) is 0 Å². The lowest BCUT2D eigenvalue weighted by molar-refractivity contribution is -0.144. The second kappa shape index (κ2) is 6.46. The van der Waals surface area contributed by atoms with Gasteiger partial charge >= 0.3 is 5.97 Å². The zero-order valence-corrected chi connectivity index (χ0v) is 13.7. The molecular weight excluding hydrogens is 308 g/mol. The number of carbonyl (C=O) groups is 2. The van der Waals surface area contributed by atoms with Crippen LogP contribution in [0.3, 0.4) is 0 Å². The van der Waals surface area contributed by atoms with E-state index in [1.165, 1.54) is 19.3 Å². The first-order valence-corrected chi connectivity index (χ1v) is 8.77. The Hall–Kier alpha value is -2.04. The van der Waals surface area contributed by atoms with E-state index in [0.717, 1.165) is 12.3 Å². The summed E-state index contributed by atoms with van der Waals surface area (Å²) in [7, 11) is 0. The van der Waals surface area contributed by atoms with Gasteiger partial charge < -0.3 is 14.2 Å². The van der Waals surface area contributed by atoms with Crippen molar-refractivity contribution in [2.24, 2.45) is 17.8 Å². The fourth-order valence-electron chi connectivity index (χ4n) is 4.35. The number of Topliss-reactive ketones (excluding diaryl/α,β-unsaturated/α-hetero) is 1. The molecule has 0 N–H and O–H groups in total. The highest BCUT2D eigenvalue weighted by molar-refractivity contribution is 5.98. The van der Waals surface area contributed by atoms with Crippen LogP contribution in [-0.4, -0.2) is 31.6 Å². The summed E-state index contributed by atoms with van der Waals surface area (Å²) in [5, 5.41) is 0. The standard InChI is InChI=1S/C19H22O5/c20-16(14-3-4-17-18(9-14)23-6-5-22-17)11-24-19(21)10-15-8-12-1-2-13(15)7-12/h3-4,9,12-13,15H,1-2,5-8,10-11H2/t12-,13-,15-/m1/s1. The fraction of sp³-hybridized carbons (Fsp3) is 0.579. The van der Waals surface area contributed by atoms with Crippen LogP contribution in [0.25, 0.3) is 0 Å². The maximum atomic E-state index is 12.2. The molecular formula is C19H22O5. The van der Waals surface area contributed by atoms with Gasteiger partial charge in [-0.05, 0) is 55.2 Å². The summed E-state index contributed by atoms with van der Waals surface area (Å²) >= 11 is 0. The normalized spacial score (nSPS) is 27.1. The van der Waals surface area contributed by atoms with E-state index in [1.807, 2.05) is 0 Å². The monoisotopic (exact) mass is 330 g/mol. The van der Waals surface area contributed by atoms with Gasteiger partial charge in [-0.1, -0.05) is 6.42 Å². The van der Waals surface area contributed by atoms with E-state index < -0.39 is 0 Å². The highest BCUT2D eigenvalue weighted by Crippen LogP contribution is 2.49. The topological polar surface area (TPSA) is 61.8 Å². The number of fused-ring (bicyclic) bond motifs is 3. The Labute approximate surface area is 141 Å². The van der Waals surface area contributed by atoms with Crippen LogP contribution in [0.1, 0.15) is 42.5 Å². The molecule has 0 aromatic heterocycles. The van der Waals surface area contributed by atoms with Crippen molar-refractivity contribution in [2.75, 3.05) is 19.8 Å². The predicted octanol–water partition coefficient (Wildman–Crippen LogP) is 3.01. The molecule has 1 aromatic carbocycles. The highest BCUT2D eigenvalue weighted by Gasteiger charge is 2.40. The van der Waals surface area contributed by atoms with Crippen molar-refractivity contribution in [1.29, 1.82) is 0 Å². The number of esters is 1. The number of ether oxygens (including phenoxy) is 3. The molecule has 1 heterocycles. The third-order valence-corrected chi connectivity index (χ3v) is 5.54. The predicted molar refractivity (Wildman–Crippen MR) is 86.3 cm³/mol. The van der Waals surface area contributed by atoms with Crippen molar-refractivity contribution in [3.63, 3.8) is 0 Å². The van der Waals surface area contributed by atoms with Crippen molar-refractivity contribution in [2.45, 2.75) is 32.1 Å². The lowest BCUT2D eigenvalue weighted by atomic mass is 9.86. The summed E-state index contributed by atoms with van der Waals surface area (Å²) in [5.41, 5.74) is 0.479. The summed E-state index contributed by atoms with van der Waals surface area (Å²) in [4.78, 5) is 24.3. The lowest BCUT2D eigenvalue weighted by Gasteiger charge is -2.20. The minimum Gasteiger partial charge on any atom is -0.486 e. The molecule has 2 saturated carbocycles. The van der Waals surface area contributed by atoms with Crippen molar-refractivity contribution >= 4 is 11.8 Å². The molecule has 2 aliphatic carbocycles. The van der Waals surface area contributed by atoms with Gasteiger partial charge in [-0.15, -0.1) is 0 Å². The first-order valence-electron chi connectivity index (χ1n) is 8.77. The maximum Gasteiger partial charge on any atom is 0.306 e. The molecule has 5 heteroatoms. The van der Waals surface area contributed by atoms with Crippen LogP contribution in [-0.2, 0) is 9.53 Å². The third-order valence-electron chi connectivity index (χ3n) is 5.54. The summed E-state index contributed by atoms with van der Waals surface area (Å²) in [5.74, 6) is 2.71. The summed E-state index contributed by atoms with van der Waals surface area (Å²) < 4.78 is 16.1. The van der Waals surface area contributed by atoms with Crippen LogP contribution in [0.15, 0.2) is 18.2 Å². The molecule has 1 aromatic rings. The second-order valence-electron chi connectivity index (χ2n) is 7.08. The first kappa shape index (κ1) is 15.5. The minimum atomic E-state index is -0.251. The second-order valence-corrected chi connectivity index (χ2v) is 7.08. The molecule has 2 fully saturated rings. The average molecular weight is 330 g/mol. The van der Waals surface area contributed by atoms with Crippen LogP contribution in [0.2, 0.25) is 0 Å². The van der Waals surface area contributed by atoms with Gasteiger partial charge in [0.1, 0.15) is 13.2 Å². The number of hydrogen-bond donors (Lipinski definition) is 0. The molecule has 4 rings (SSSR count). The largest absolute Gasteiger partial charge is 0.486 e. The Morgan fingerprint density at radius 3 is 2.67 bits per heavy atom. The van der Waals surface area contributed by atoms with Crippen LogP contribution < -0.4 is 9.47 Å². The zero-order chi connectivity index (χ0) is 16.5. The lowest BCUT2D eigenvalue weighted by Crippen LogP contribution is -2.20. The molecule has 0 unspecified atom stereocenters. The molecule has 5 nitrogen and oxygen atoms in total. The zero-order valence-electron chi connectivity index (χ0n) is 13.7. The summed E-state index contributed by atoms with van der Waals surface area (Å²) in [6.07, 6.45) is 5.44. The molecule has 3 aliphatic rings. The summed E-state index contributed by atoms with van der Waals surface area (Å²) in [6, 6.07) is 5.05. The van der Waals surface area contributed by atoms with Crippen LogP contribution in [0.5, 0.6) is 11.5 Å². The van der Waals surface area contributed by atoms with Crippen LogP contribution in [0, 0.1) is 17.8 Å². The Bertz CT molecular complexity index is 653. The fourth-order valence-corrected chi connectivity index (χ4v) is 4.35. The molecule has 128 valence electrons. The molecule has 0 radical (unpaired) electrons. The maximum absolute atomic E-state index is 12.2. The number of benzene rings is 1. The number of hydrogen-bond acceptors (Lipinski definition) is 5. The Morgan fingerprint density at radius 2 is 1.92 bits per heavy atom. The van der Waals surface area contributed by atoms with E-state index in [-0.39, 0.29) is 18.4 Å². The van der Waals surface area contributed by atoms with Gasteiger partial charge in [0.2, 0.25) is 0 Å². The van der Waals surface area contributed by atoms with E-state index in [0.29, 0.717) is 48.5 Å². The van der Waals surface area contributed by atoms with Gasteiger partial charge in [0, 0.05) is 12.0 Å². The number of carbonyl (C=O) groups excluding carboxylic acids is 2. The van der Waals surface area contributed by atoms with Crippen LogP contribution >= 0.6 is 0 Å². The van der Waals surface area contributed by atoms with Crippen molar-refractivity contribution in [3.05, 3.63) is 23.8 Å². The highest BCUT2D eigenvalue weighted by atomic mass is 16.6. The summed E-state index contributed by atoms with van der Waals surface area (Å²) in [6.45, 7) is 0.781. The van der Waals surface area contributed by atoms with E-state index in [4.69, 9.17) is 14.2 Å². The third kappa shape index (κ3) is 3.12. The first-order chi connectivity index (χ1) is 11.7. The SMILES string of the molecule is O=C(C[C@H]1C[C@@H]2CC[C@@H]1C2)OCC(=O)c1ccc2c(c1)OCCO2. The van der Waals surface area contributed by atoms with Gasteiger partial charge in [0.25, 0.3) is 0 Å². The molecule has 2 bridgehead atoms. The van der Waals surface area contributed by atoms with Gasteiger partial charge in [-0.2, -0.15) is 0 Å².